The van der Waals surface area contributed by atoms with Gasteiger partial charge >= 0.3 is 0 Å². The monoisotopic (exact) mass is 286 g/mol. The van der Waals surface area contributed by atoms with E-state index in [2.05, 4.69) is 14.9 Å². The smallest absolute Gasteiger partial charge is 0.240 e. The van der Waals surface area contributed by atoms with Gasteiger partial charge in [0, 0.05) is 13.0 Å². The van der Waals surface area contributed by atoms with E-state index >= 15 is 0 Å². The Morgan fingerprint density at radius 1 is 1.42 bits per heavy atom. The van der Waals surface area contributed by atoms with Gasteiger partial charge in [-0.2, -0.15) is 4.98 Å². The van der Waals surface area contributed by atoms with E-state index in [0.29, 0.717) is 5.89 Å². The number of nitrogens with one attached hydrogen (secondary N) is 1. The molecule has 1 aromatic heterocycles. The summed E-state index contributed by atoms with van der Waals surface area (Å²) in [6.45, 7) is 0.0660. The van der Waals surface area contributed by atoms with Crippen LogP contribution in [0.25, 0.3) is 0 Å². The van der Waals surface area contributed by atoms with E-state index in [9.17, 15) is 12.8 Å². The molecule has 1 aromatic carbocycles. The Morgan fingerprint density at radius 2 is 2.21 bits per heavy atom. The molecule has 0 radical (unpaired) electrons. The highest BCUT2D eigenvalue weighted by Gasteiger charge is 2.15. The second-order valence-electron chi connectivity index (χ2n) is 3.67. The van der Waals surface area contributed by atoms with Gasteiger partial charge in [0.25, 0.3) is 0 Å². The third-order valence-corrected chi connectivity index (χ3v) is 3.78. The summed E-state index contributed by atoms with van der Waals surface area (Å²) < 4.78 is 43.9. The molecular formula is C10H11FN4O3S. The molecule has 0 saturated heterocycles. The molecule has 0 saturated carbocycles. The molecule has 0 atom stereocenters. The molecule has 0 aliphatic rings. The quantitative estimate of drug-likeness (QED) is 0.765. The summed E-state index contributed by atoms with van der Waals surface area (Å²) in [4.78, 5) is 3.56. The average molecular weight is 286 g/mol. The minimum atomic E-state index is -3.79. The largest absolute Gasteiger partial charge is 0.396 e. The maximum absolute atomic E-state index is 13.2. The van der Waals surface area contributed by atoms with Gasteiger partial charge in [-0.1, -0.05) is 5.16 Å². The van der Waals surface area contributed by atoms with E-state index in [1.54, 1.807) is 0 Å². The normalized spacial score (nSPS) is 11.6. The molecule has 1 heterocycles. The standard InChI is InChI=1S/C10H11FN4O3S/c11-8-5-7(1-2-9(8)12)19(16,17)15-4-3-10-13-6-14-18-10/h1-2,5-6,15H,3-4,12H2. The predicted octanol–water partition coefficient (Wildman–Crippen LogP) is 0.312. The maximum atomic E-state index is 13.2. The van der Waals surface area contributed by atoms with Crippen LogP contribution in [0.5, 0.6) is 0 Å². The van der Waals surface area contributed by atoms with Crippen LogP contribution in [0.4, 0.5) is 10.1 Å². The van der Waals surface area contributed by atoms with Crippen molar-refractivity contribution in [2.75, 3.05) is 12.3 Å². The van der Waals surface area contributed by atoms with E-state index in [-0.39, 0.29) is 23.5 Å². The minimum Gasteiger partial charge on any atom is -0.396 e. The van der Waals surface area contributed by atoms with E-state index in [4.69, 9.17) is 10.3 Å². The van der Waals surface area contributed by atoms with Crippen molar-refractivity contribution in [3.05, 3.63) is 36.2 Å². The number of sulfonamides is 1. The third-order valence-electron chi connectivity index (χ3n) is 2.32. The number of nitrogens with zero attached hydrogens (tertiary/aromatic N) is 2. The molecular weight excluding hydrogens is 275 g/mol. The van der Waals surface area contributed by atoms with Crippen LogP contribution in [-0.4, -0.2) is 25.1 Å². The Morgan fingerprint density at radius 3 is 2.84 bits per heavy atom. The van der Waals surface area contributed by atoms with Crippen molar-refractivity contribution in [2.45, 2.75) is 11.3 Å². The van der Waals surface area contributed by atoms with Crippen LogP contribution in [0, 0.1) is 5.82 Å². The SMILES string of the molecule is Nc1ccc(S(=O)(=O)NCCc2ncno2)cc1F. The van der Waals surface area contributed by atoms with Crippen molar-refractivity contribution in [1.82, 2.24) is 14.9 Å². The van der Waals surface area contributed by atoms with E-state index in [1.807, 2.05) is 0 Å². The lowest BCUT2D eigenvalue weighted by Crippen LogP contribution is -2.26. The Hall–Kier alpha value is -2.00. The van der Waals surface area contributed by atoms with Gasteiger partial charge in [0.2, 0.25) is 15.9 Å². The molecule has 0 fully saturated rings. The van der Waals surface area contributed by atoms with Crippen molar-refractivity contribution in [3.8, 4) is 0 Å². The fourth-order valence-corrected chi connectivity index (χ4v) is 2.40. The van der Waals surface area contributed by atoms with Crippen LogP contribution in [0.15, 0.2) is 33.9 Å². The van der Waals surface area contributed by atoms with Gasteiger partial charge in [-0.3, -0.25) is 0 Å². The van der Waals surface area contributed by atoms with Gasteiger partial charge < -0.3 is 10.3 Å². The molecule has 0 amide bonds. The molecule has 2 aromatic rings. The highest BCUT2D eigenvalue weighted by Crippen LogP contribution is 2.15. The van der Waals surface area contributed by atoms with Crippen LogP contribution in [0.1, 0.15) is 5.89 Å². The first kappa shape index (κ1) is 13.4. The number of benzene rings is 1. The van der Waals surface area contributed by atoms with Gasteiger partial charge in [0.15, 0.2) is 6.33 Å². The lowest BCUT2D eigenvalue weighted by atomic mass is 10.3. The highest BCUT2D eigenvalue weighted by molar-refractivity contribution is 7.89. The molecule has 102 valence electrons. The summed E-state index contributed by atoms with van der Waals surface area (Å²) >= 11 is 0. The Balaban J connectivity index is 2.03. The van der Waals surface area contributed by atoms with Gasteiger partial charge in [0.05, 0.1) is 10.6 Å². The molecule has 0 unspecified atom stereocenters. The fourth-order valence-electron chi connectivity index (χ4n) is 1.36. The molecule has 3 N–H and O–H groups in total. The van der Waals surface area contributed by atoms with Crippen LogP contribution < -0.4 is 10.5 Å². The fraction of sp³-hybridized carbons (Fsp3) is 0.200. The van der Waals surface area contributed by atoms with Gasteiger partial charge in [-0.15, -0.1) is 0 Å². The number of rotatable bonds is 5. The maximum Gasteiger partial charge on any atom is 0.240 e. The van der Waals surface area contributed by atoms with Crippen LogP contribution in [0.3, 0.4) is 0 Å². The lowest BCUT2D eigenvalue weighted by molar-refractivity contribution is 0.377. The number of halogens is 1. The number of anilines is 1. The number of aromatic nitrogens is 2. The second-order valence-corrected chi connectivity index (χ2v) is 5.43. The molecule has 9 heteroatoms. The zero-order valence-corrected chi connectivity index (χ0v) is 10.5. The molecule has 2 rings (SSSR count). The van der Waals surface area contributed by atoms with Crippen molar-refractivity contribution in [3.63, 3.8) is 0 Å². The topological polar surface area (TPSA) is 111 Å². The molecule has 7 nitrogen and oxygen atoms in total. The minimum absolute atomic E-state index is 0.0660. The van der Waals surface area contributed by atoms with Crippen LogP contribution in [-0.2, 0) is 16.4 Å². The van der Waals surface area contributed by atoms with Crippen molar-refractivity contribution in [1.29, 1.82) is 0 Å². The Kier molecular flexibility index (Phi) is 3.76. The Labute approximate surface area is 108 Å². The van der Waals surface area contributed by atoms with Crippen molar-refractivity contribution in [2.24, 2.45) is 0 Å². The second kappa shape index (κ2) is 5.33. The van der Waals surface area contributed by atoms with Gasteiger partial charge in [0.1, 0.15) is 5.82 Å². The van der Waals surface area contributed by atoms with Crippen molar-refractivity contribution >= 4 is 15.7 Å². The predicted molar refractivity (Wildman–Crippen MR) is 64.0 cm³/mol. The van der Waals surface area contributed by atoms with E-state index < -0.39 is 15.8 Å². The number of nitrogens with two attached hydrogens (primary N) is 1. The van der Waals surface area contributed by atoms with Gasteiger partial charge in [-0.05, 0) is 18.2 Å². The zero-order chi connectivity index (χ0) is 13.9. The number of hydrogen-bond acceptors (Lipinski definition) is 6. The molecule has 0 aliphatic heterocycles. The third kappa shape index (κ3) is 3.26. The molecule has 19 heavy (non-hydrogen) atoms. The first-order valence-electron chi connectivity index (χ1n) is 5.29. The summed E-state index contributed by atoms with van der Waals surface area (Å²) in [5.41, 5.74) is 5.17. The summed E-state index contributed by atoms with van der Waals surface area (Å²) in [5, 5.41) is 3.39. The zero-order valence-electron chi connectivity index (χ0n) is 9.71. The number of hydrogen-bond donors (Lipinski definition) is 2. The summed E-state index contributed by atoms with van der Waals surface area (Å²) in [5.74, 6) is -0.467. The van der Waals surface area contributed by atoms with E-state index in [1.165, 1.54) is 18.5 Å². The van der Waals surface area contributed by atoms with E-state index in [0.717, 1.165) is 6.07 Å². The summed E-state index contributed by atoms with van der Waals surface area (Å²) in [6.07, 6.45) is 1.47. The molecule has 0 aliphatic carbocycles. The van der Waals surface area contributed by atoms with Gasteiger partial charge in [-0.25, -0.2) is 17.5 Å². The number of nitrogen functional groups attached to an aromatic ring is 1. The lowest BCUT2D eigenvalue weighted by Gasteiger charge is -2.06. The summed E-state index contributed by atoms with van der Waals surface area (Å²) in [6, 6.07) is 3.29. The first-order chi connectivity index (χ1) is 8.99. The first-order valence-corrected chi connectivity index (χ1v) is 6.77. The molecule has 0 bridgehead atoms. The Bertz CT molecular complexity index is 657. The average Bonchev–Trinajstić information content (AvgIpc) is 2.85. The van der Waals surface area contributed by atoms with Crippen LogP contribution in [0.2, 0.25) is 0 Å². The van der Waals surface area contributed by atoms with Crippen LogP contribution >= 0.6 is 0 Å². The summed E-state index contributed by atoms with van der Waals surface area (Å²) in [7, 11) is -3.79. The highest BCUT2D eigenvalue weighted by atomic mass is 32.2. The van der Waals surface area contributed by atoms with Crippen molar-refractivity contribution < 1.29 is 17.3 Å². The molecule has 0 spiro atoms.